The van der Waals surface area contributed by atoms with Gasteiger partial charge in [-0.15, -0.1) is 0 Å². The van der Waals surface area contributed by atoms with Gasteiger partial charge in [-0.2, -0.15) is 0 Å². The summed E-state index contributed by atoms with van der Waals surface area (Å²) in [6.45, 7) is 6.61. The molecule has 14 atom stereocenters. The van der Waals surface area contributed by atoms with Crippen molar-refractivity contribution in [1.82, 2.24) is 0 Å². The van der Waals surface area contributed by atoms with Gasteiger partial charge in [0.1, 0.15) is 17.8 Å². The highest BCUT2D eigenvalue weighted by molar-refractivity contribution is 5.91. The second kappa shape index (κ2) is 7.27. The molecular formula is C28H36O10. The van der Waals surface area contributed by atoms with Crippen LogP contribution in [0.5, 0.6) is 0 Å². The van der Waals surface area contributed by atoms with Gasteiger partial charge in [-0.05, 0) is 30.4 Å². The molecule has 38 heavy (non-hydrogen) atoms. The molecule has 0 aromatic carbocycles. The Morgan fingerprint density at radius 1 is 1.05 bits per heavy atom. The Kier molecular flexibility index (Phi) is 4.82. The van der Waals surface area contributed by atoms with Gasteiger partial charge in [0.25, 0.3) is 0 Å². The van der Waals surface area contributed by atoms with Crippen LogP contribution in [0.15, 0.2) is 23.0 Å². The Bertz CT molecular complexity index is 1200. The number of furan rings is 1. The summed E-state index contributed by atoms with van der Waals surface area (Å²) in [7, 11) is 0. The van der Waals surface area contributed by atoms with Crippen molar-refractivity contribution in [2.45, 2.75) is 95.3 Å². The van der Waals surface area contributed by atoms with Crippen LogP contribution >= 0.6 is 0 Å². The lowest BCUT2D eigenvalue weighted by molar-refractivity contribution is -0.373. The Morgan fingerprint density at radius 3 is 2.45 bits per heavy atom. The maximum absolute atomic E-state index is 14.5. The van der Waals surface area contributed by atoms with E-state index in [1.807, 2.05) is 19.9 Å². The van der Waals surface area contributed by atoms with Gasteiger partial charge in [0.15, 0.2) is 12.1 Å². The highest BCUT2D eigenvalue weighted by atomic mass is 16.6. The van der Waals surface area contributed by atoms with E-state index in [1.54, 1.807) is 19.5 Å². The molecule has 208 valence electrons. The predicted molar refractivity (Wildman–Crippen MR) is 127 cm³/mol. The molecule has 1 aromatic heterocycles. The number of epoxide rings is 1. The normalized spacial score (nSPS) is 58.3. The van der Waals surface area contributed by atoms with Crippen LogP contribution in [0.2, 0.25) is 0 Å². The lowest BCUT2D eigenvalue weighted by atomic mass is 9.33. The summed E-state index contributed by atoms with van der Waals surface area (Å²) in [5.41, 5.74) is -4.74. The SMILES string of the molecule is CC(=O)O[C@@H]1C[C@H](O)[C@@]23CO[C@H](O)[C@]1(C)[C@@H]2CC(O)[C@]1(C)[C@@H]3C(=O)[C@H](O)[C@@]2(C)[C@H](c3ccoc3)C[C@H]3O[C@@]321. The second-order valence-electron chi connectivity index (χ2n) is 13.3. The van der Waals surface area contributed by atoms with Crippen LogP contribution in [0.4, 0.5) is 0 Å². The van der Waals surface area contributed by atoms with Gasteiger partial charge in [-0.3, -0.25) is 9.59 Å². The Hall–Kier alpha value is -1.82. The van der Waals surface area contributed by atoms with Crippen LogP contribution in [-0.2, 0) is 23.8 Å². The first-order chi connectivity index (χ1) is 17.8. The highest BCUT2D eigenvalue weighted by Crippen LogP contribution is 2.82. The molecule has 7 rings (SSSR count). The van der Waals surface area contributed by atoms with Crippen molar-refractivity contribution in [2.24, 2.45) is 33.5 Å². The monoisotopic (exact) mass is 532 g/mol. The third-order valence-electron chi connectivity index (χ3n) is 12.3. The number of ether oxygens (including phenoxy) is 3. The number of aliphatic hydroxyl groups excluding tert-OH is 4. The molecule has 2 saturated heterocycles. The number of ketones is 1. The number of aliphatic hydroxyl groups is 4. The fraction of sp³-hybridized carbons (Fsp3) is 0.786. The molecule has 0 radical (unpaired) electrons. The van der Waals surface area contributed by atoms with Gasteiger partial charge in [0, 0.05) is 41.4 Å². The summed E-state index contributed by atoms with van der Waals surface area (Å²) >= 11 is 0. The maximum Gasteiger partial charge on any atom is 0.302 e. The number of rotatable bonds is 2. The molecule has 2 aliphatic heterocycles. The lowest BCUT2D eigenvalue weighted by Crippen LogP contribution is -2.82. The number of Topliss-reactive ketones (excluding diaryl/α,β-unsaturated/α-hetero) is 1. The minimum absolute atomic E-state index is 0.00521. The molecule has 6 fully saturated rings. The summed E-state index contributed by atoms with van der Waals surface area (Å²) in [6, 6.07) is 1.84. The van der Waals surface area contributed by atoms with Crippen LogP contribution in [0.1, 0.15) is 58.4 Å². The molecule has 4 aliphatic carbocycles. The van der Waals surface area contributed by atoms with Gasteiger partial charge in [0.05, 0.1) is 42.9 Å². The zero-order valence-electron chi connectivity index (χ0n) is 22.0. The zero-order chi connectivity index (χ0) is 27.2. The van der Waals surface area contributed by atoms with E-state index in [0.29, 0.717) is 6.42 Å². The van der Waals surface area contributed by atoms with E-state index in [-0.39, 0.29) is 31.5 Å². The number of fused-ring (bicyclic) bond motifs is 1. The zero-order valence-corrected chi connectivity index (χ0v) is 22.0. The van der Waals surface area contributed by atoms with Crippen LogP contribution in [0.3, 0.4) is 0 Å². The van der Waals surface area contributed by atoms with Crippen LogP contribution < -0.4 is 0 Å². The van der Waals surface area contributed by atoms with E-state index in [2.05, 4.69) is 0 Å². The molecule has 0 amide bonds. The van der Waals surface area contributed by atoms with Gasteiger partial charge in [0.2, 0.25) is 0 Å². The van der Waals surface area contributed by atoms with Crippen LogP contribution in [-0.4, -0.2) is 81.2 Å². The largest absolute Gasteiger partial charge is 0.472 e. The van der Waals surface area contributed by atoms with Crippen LogP contribution in [0.25, 0.3) is 0 Å². The quantitative estimate of drug-likeness (QED) is 0.318. The highest BCUT2D eigenvalue weighted by Gasteiger charge is 2.92. The van der Waals surface area contributed by atoms with Crippen molar-refractivity contribution >= 4 is 11.8 Å². The lowest BCUT2D eigenvalue weighted by Gasteiger charge is -2.72. The van der Waals surface area contributed by atoms with Crippen molar-refractivity contribution in [1.29, 1.82) is 0 Å². The van der Waals surface area contributed by atoms with Gasteiger partial charge in [-0.25, -0.2) is 0 Å². The summed E-state index contributed by atoms with van der Waals surface area (Å²) in [5, 5.41) is 46.8. The second-order valence-corrected chi connectivity index (χ2v) is 13.3. The fourth-order valence-corrected chi connectivity index (χ4v) is 10.7. The van der Waals surface area contributed by atoms with Gasteiger partial charge < -0.3 is 39.1 Å². The summed E-state index contributed by atoms with van der Waals surface area (Å²) in [5.74, 6) is -2.88. The molecule has 1 unspecified atom stereocenters. The summed E-state index contributed by atoms with van der Waals surface area (Å²) < 4.78 is 23.3. The standard InChI is InChI=1S/C28H36O10/c1-12(29)37-18-9-17(31)27-11-36-23(34)24(18,2)15(27)8-16(30)26(4)21(27)20(32)22(33)25(3)14(13-5-6-35-10-13)7-19-28(25,26)38-19/h5-6,10,14-19,21-23,30-31,33-34H,7-9,11H2,1-4H3/t14-,15-,16?,17-,18+,19+,21-,22-,23-,24+,25+,26+,27+,28-/m0/s1. The van der Waals surface area contributed by atoms with E-state index in [1.165, 1.54) is 6.92 Å². The molecule has 4 saturated carbocycles. The number of esters is 1. The minimum atomic E-state index is -1.43. The fourth-order valence-electron chi connectivity index (χ4n) is 10.7. The van der Waals surface area contributed by atoms with E-state index in [0.717, 1.165) is 5.56 Å². The van der Waals surface area contributed by atoms with E-state index >= 15 is 0 Å². The van der Waals surface area contributed by atoms with Crippen molar-refractivity contribution < 1.29 is 48.6 Å². The first-order valence-corrected chi connectivity index (χ1v) is 13.6. The Balaban J connectivity index is 1.41. The Labute approximate surface area is 220 Å². The van der Waals surface area contributed by atoms with Gasteiger partial charge >= 0.3 is 5.97 Å². The average molecular weight is 533 g/mol. The molecule has 1 spiro atoms. The number of carbonyl (C=O) groups is 2. The molecule has 4 N–H and O–H groups in total. The summed E-state index contributed by atoms with van der Waals surface area (Å²) in [6.07, 6.45) is -2.21. The molecule has 1 aromatic rings. The van der Waals surface area contributed by atoms with E-state index in [9.17, 15) is 30.0 Å². The van der Waals surface area contributed by atoms with Gasteiger partial charge in [-0.1, -0.05) is 20.8 Å². The molecule has 3 heterocycles. The maximum atomic E-state index is 14.5. The van der Waals surface area contributed by atoms with Crippen molar-refractivity contribution in [3.8, 4) is 0 Å². The Morgan fingerprint density at radius 2 is 1.79 bits per heavy atom. The molecule has 2 bridgehead atoms. The smallest absolute Gasteiger partial charge is 0.302 e. The van der Waals surface area contributed by atoms with E-state index < -0.39 is 81.6 Å². The first kappa shape index (κ1) is 25.2. The average Bonchev–Trinajstić information content (AvgIpc) is 3.22. The molecule has 10 nitrogen and oxygen atoms in total. The molecule has 10 heteroatoms. The third kappa shape index (κ3) is 2.36. The first-order valence-electron chi connectivity index (χ1n) is 13.6. The van der Waals surface area contributed by atoms with Crippen molar-refractivity contribution in [3.63, 3.8) is 0 Å². The molecular weight excluding hydrogens is 496 g/mol. The number of hydrogen-bond donors (Lipinski definition) is 4. The topological polar surface area (TPSA) is 159 Å². The van der Waals surface area contributed by atoms with Crippen LogP contribution in [0, 0.1) is 33.5 Å². The van der Waals surface area contributed by atoms with Crippen molar-refractivity contribution in [3.05, 3.63) is 24.2 Å². The summed E-state index contributed by atoms with van der Waals surface area (Å²) in [4.78, 5) is 26.5. The molecule has 6 aliphatic rings. The minimum Gasteiger partial charge on any atom is -0.472 e. The van der Waals surface area contributed by atoms with Crippen molar-refractivity contribution in [2.75, 3.05) is 6.61 Å². The third-order valence-corrected chi connectivity index (χ3v) is 12.3. The number of hydrogen-bond acceptors (Lipinski definition) is 10. The predicted octanol–water partition coefficient (Wildman–Crippen LogP) is 0.895. The number of carbonyl (C=O) groups excluding carboxylic acids is 2. The van der Waals surface area contributed by atoms with E-state index in [4.69, 9.17) is 18.6 Å².